The van der Waals surface area contributed by atoms with Crippen molar-refractivity contribution in [1.29, 1.82) is 0 Å². The fourth-order valence-corrected chi connectivity index (χ4v) is 4.50. The molecule has 4 aromatic rings. The van der Waals surface area contributed by atoms with Crippen LogP contribution in [0.15, 0.2) is 97.1 Å². The lowest BCUT2D eigenvalue weighted by Gasteiger charge is -2.25. The van der Waals surface area contributed by atoms with E-state index in [1.54, 1.807) is 24.3 Å². The first-order chi connectivity index (χ1) is 15.5. The van der Waals surface area contributed by atoms with Crippen LogP contribution in [0.1, 0.15) is 34.1 Å². The van der Waals surface area contributed by atoms with Crippen LogP contribution in [0.3, 0.4) is 0 Å². The van der Waals surface area contributed by atoms with Crippen molar-refractivity contribution in [3.63, 3.8) is 0 Å². The van der Waals surface area contributed by atoms with Crippen molar-refractivity contribution in [2.75, 3.05) is 0 Å². The minimum absolute atomic E-state index is 0.000761. The molecule has 0 N–H and O–H groups in total. The first-order valence-electron chi connectivity index (χ1n) is 9.99. The number of Topliss-reactive ketones (excluding diaryl/α,β-unsaturated/α-hetero) is 1. The van der Waals surface area contributed by atoms with Gasteiger partial charge in [-0.3, -0.25) is 4.79 Å². The molecule has 0 spiro atoms. The maximum absolute atomic E-state index is 14.3. The van der Waals surface area contributed by atoms with Crippen molar-refractivity contribution < 1.29 is 4.79 Å². The van der Waals surface area contributed by atoms with Crippen LogP contribution in [0, 0.1) is 0 Å². The van der Waals surface area contributed by atoms with E-state index < -0.39 is 11.8 Å². The summed E-state index contributed by atoms with van der Waals surface area (Å²) >= 11 is 25.0. The summed E-state index contributed by atoms with van der Waals surface area (Å²) in [7, 11) is 0. The average Bonchev–Trinajstić information content (AvgIpc) is 2.80. The average molecular weight is 500 g/mol. The highest BCUT2D eigenvalue weighted by Crippen LogP contribution is 2.39. The second kappa shape index (κ2) is 10.1. The van der Waals surface area contributed by atoms with Gasteiger partial charge in [0.1, 0.15) is 0 Å². The van der Waals surface area contributed by atoms with Crippen LogP contribution in [0.25, 0.3) is 0 Å². The number of carbonyl (C=O) groups excluding carboxylic acids is 1. The summed E-state index contributed by atoms with van der Waals surface area (Å²) in [5, 5.41) is 1.70. The van der Waals surface area contributed by atoms with Crippen LogP contribution >= 0.6 is 46.4 Å². The Balaban J connectivity index is 1.90. The second-order valence-electron chi connectivity index (χ2n) is 7.44. The molecule has 2 unspecified atom stereocenters. The maximum Gasteiger partial charge on any atom is 0.156 e. The summed E-state index contributed by atoms with van der Waals surface area (Å²) in [6, 6.07) is 30.0. The first-order valence-corrected chi connectivity index (χ1v) is 11.5. The molecule has 0 bridgehead atoms. The minimum Gasteiger partial charge on any atom is -0.298 e. The molecular formula is C27H18Cl4O. The van der Waals surface area contributed by atoms with E-state index in [1.807, 2.05) is 72.8 Å². The molecule has 0 saturated carbocycles. The molecule has 4 aromatic carbocycles. The van der Waals surface area contributed by atoms with Crippen molar-refractivity contribution in [1.82, 2.24) is 0 Å². The highest BCUT2D eigenvalue weighted by atomic mass is 35.5. The Morgan fingerprint density at radius 3 is 1.19 bits per heavy atom. The van der Waals surface area contributed by atoms with Gasteiger partial charge < -0.3 is 0 Å². The summed E-state index contributed by atoms with van der Waals surface area (Å²) in [6.07, 6.45) is 0. The molecule has 32 heavy (non-hydrogen) atoms. The van der Waals surface area contributed by atoms with Crippen LogP contribution in [0.5, 0.6) is 0 Å². The fourth-order valence-electron chi connectivity index (χ4n) is 3.88. The summed E-state index contributed by atoms with van der Waals surface area (Å²) in [6.45, 7) is 0. The number of rotatable bonds is 6. The second-order valence-corrected chi connectivity index (χ2v) is 9.07. The number of benzene rings is 4. The molecule has 1 nitrogen and oxygen atoms in total. The van der Waals surface area contributed by atoms with Gasteiger partial charge in [0.2, 0.25) is 0 Å². The van der Waals surface area contributed by atoms with Crippen molar-refractivity contribution in [3.8, 4) is 0 Å². The van der Waals surface area contributed by atoms with E-state index in [1.165, 1.54) is 0 Å². The smallest absolute Gasteiger partial charge is 0.156 e. The monoisotopic (exact) mass is 498 g/mol. The number of halogens is 4. The lowest BCUT2D eigenvalue weighted by atomic mass is 9.77. The van der Waals surface area contributed by atoms with Crippen molar-refractivity contribution in [2.24, 2.45) is 0 Å². The first kappa shape index (κ1) is 22.9. The third-order valence-corrected chi connectivity index (χ3v) is 6.87. The van der Waals surface area contributed by atoms with E-state index in [2.05, 4.69) is 0 Å². The van der Waals surface area contributed by atoms with Crippen molar-refractivity contribution >= 4 is 52.2 Å². The molecule has 0 aliphatic rings. The zero-order chi connectivity index (χ0) is 22.7. The van der Waals surface area contributed by atoms with E-state index in [4.69, 9.17) is 46.4 Å². The highest BCUT2D eigenvalue weighted by molar-refractivity contribution is 6.42. The maximum atomic E-state index is 14.3. The summed E-state index contributed by atoms with van der Waals surface area (Å²) < 4.78 is 0. The highest BCUT2D eigenvalue weighted by Gasteiger charge is 2.32. The molecule has 0 heterocycles. The van der Waals surface area contributed by atoms with Crippen LogP contribution in [-0.2, 0) is 4.79 Å². The largest absolute Gasteiger partial charge is 0.298 e. The van der Waals surface area contributed by atoms with Gasteiger partial charge in [0.25, 0.3) is 0 Å². The standard InChI is InChI=1S/C27H18Cl4O/c28-21-13-11-19(15-23(21)30)25(17-7-3-1-4-8-17)27(32)26(18-9-5-2-6-10-18)20-12-14-22(29)24(31)16-20/h1-16,25-26H. The Labute approximate surface area is 207 Å². The Morgan fingerprint density at radius 2 is 0.844 bits per heavy atom. The molecule has 0 amide bonds. The molecule has 4 rings (SSSR count). The van der Waals surface area contributed by atoms with Gasteiger partial charge in [-0.25, -0.2) is 0 Å². The Bertz CT molecular complexity index is 1140. The van der Waals surface area contributed by atoms with Gasteiger partial charge in [-0.2, -0.15) is 0 Å². The van der Waals surface area contributed by atoms with Gasteiger partial charge in [-0.05, 0) is 46.5 Å². The quantitative estimate of drug-likeness (QED) is 0.259. The van der Waals surface area contributed by atoms with Gasteiger partial charge in [-0.15, -0.1) is 0 Å². The van der Waals surface area contributed by atoms with Gasteiger partial charge in [0.15, 0.2) is 5.78 Å². The molecule has 160 valence electrons. The van der Waals surface area contributed by atoms with E-state index >= 15 is 0 Å². The minimum atomic E-state index is -0.550. The summed E-state index contributed by atoms with van der Waals surface area (Å²) in [4.78, 5) is 14.3. The Kier molecular flexibility index (Phi) is 7.23. The molecule has 0 saturated heterocycles. The molecule has 0 fully saturated rings. The molecular weight excluding hydrogens is 482 g/mol. The predicted molar refractivity (Wildman–Crippen MR) is 135 cm³/mol. The normalized spacial score (nSPS) is 12.9. The van der Waals surface area contributed by atoms with E-state index in [0.29, 0.717) is 20.1 Å². The Morgan fingerprint density at radius 1 is 0.469 bits per heavy atom. The number of hydrogen-bond donors (Lipinski definition) is 0. The topological polar surface area (TPSA) is 17.1 Å². The van der Waals surface area contributed by atoms with Crippen LogP contribution in [0.4, 0.5) is 0 Å². The fraction of sp³-hybridized carbons (Fsp3) is 0.0741. The predicted octanol–water partition coefficient (Wildman–Crippen LogP) is 8.83. The van der Waals surface area contributed by atoms with E-state index in [9.17, 15) is 4.79 Å². The summed E-state index contributed by atoms with van der Waals surface area (Å²) in [5.41, 5.74) is 3.29. The molecule has 0 aliphatic heterocycles. The molecule has 0 radical (unpaired) electrons. The third-order valence-electron chi connectivity index (χ3n) is 5.39. The summed E-state index contributed by atoms with van der Waals surface area (Å²) in [5.74, 6) is -1.10. The van der Waals surface area contributed by atoms with E-state index in [0.717, 1.165) is 22.3 Å². The molecule has 5 heteroatoms. The van der Waals surface area contributed by atoms with Crippen molar-refractivity contribution in [3.05, 3.63) is 139 Å². The zero-order valence-electron chi connectivity index (χ0n) is 16.8. The number of hydrogen-bond acceptors (Lipinski definition) is 1. The lowest BCUT2D eigenvalue weighted by Crippen LogP contribution is -2.23. The van der Waals surface area contributed by atoms with Crippen LogP contribution in [0.2, 0.25) is 20.1 Å². The van der Waals surface area contributed by atoms with E-state index in [-0.39, 0.29) is 5.78 Å². The molecule has 2 atom stereocenters. The van der Waals surface area contributed by atoms with Gasteiger partial charge in [0, 0.05) is 0 Å². The third kappa shape index (κ3) is 4.87. The number of ketones is 1. The van der Waals surface area contributed by atoms with Gasteiger partial charge >= 0.3 is 0 Å². The molecule has 0 aromatic heterocycles. The van der Waals surface area contributed by atoms with Crippen molar-refractivity contribution in [2.45, 2.75) is 11.8 Å². The zero-order valence-corrected chi connectivity index (χ0v) is 19.8. The van der Waals surface area contributed by atoms with Gasteiger partial charge in [0.05, 0.1) is 31.9 Å². The number of carbonyl (C=O) groups is 1. The molecule has 0 aliphatic carbocycles. The van der Waals surface area contributed by atoms with Crippen LogP contribution in [-0.4, -0.2) is 5.78 Å². The Hall–Kier alpha value is -2.29. The SMILES string of the molecule is O=C(C(c1ccccc1)c1ccc(Cl)c(Cl)c1)C(c1ccccc1)c1ccc(Cl)c(Cl)c1. The van der Waals surface area contributed by atoms with Gasteiger partial charge in [-0.1, -0.05) is 119 Å². The lowest BCUT2D eigenvalue weighted by molar-refractivity contribution is -0.120. The van der Waals surface area contributed by atoms with Crippen LogP contribution < -0.4 is 0 Å².